The van der Waals surface area contributed by atoms with Crippen molar-refractivity contribution in [3.8, 4) is 22.8 Å². The molecule has 0 fully saturated rings. The molecule has 0 radical (unpaired) electrons. The number of rotatable bonds is 3. The molecule has 2 aromatic heterocycles. The second-order valence-electron chi connectivity index (χ2n) is 7.94. The molecule has 5 rings (SSSR count). The molecular formula is C23H23ClN4O. The average Bonchev–Trinajstić information content (AvgIpc) is 3.34. The summed E-state index contributed by atoms with van der Waals surface area (Å²) in [7, 11) is 0. The van der Waals surface area contributed by atoms with Crippen LogP contribution < -0.4 is 5.32 Å². The Labute approximate surface area is 174 Å². The van der Waals surface area contributed by atoms with Gasteiger partial charge >= 0.3 is 0 Å². The molecule has 2 aromatic carbocycles. The van der Waals surface area contributed by atoms with Gasteiger partial charge in [-0.2, -0.15) is 4.98 Å². The van der Waals surface area contributed by atoms with Crippen molar-refractivity contribution in [2.75, 3.05) is 6.54 Å². The van der Waals surface area contributed by atoms with Gasteiger partial charge < -0.3 is 14.4 Å². The highest BCUT2D eigenvalue weighted by Crippen LogP contribution is 2.33. The minimum absolute atomic E-state index is 0.341. The Bertz CT molecular complexity index is 1220. The van der Waals surface area contributed by atoms with Gasteiger partial charge in [-0.05, 0) is 68.6 Å². The second-order valence-corrected chi connectivity index (χ2v) is 8.34. The van der Waals surface area contributed by atoms with Gasteiger partial charge in [-0.1, -0.05) is 28.9 Å². The van der Waals surface area contributed by atoms with Gasteiger partial charge in [-0.25, -0.2) is 0 Å². The van der Waals surface area contributed by atoms with Crippen LogP contribution in [0.3, 0.4) is 0 Å². The number of hydrogen-bond donors (Lipinski definition) is 1. The smallest absolute Gasteiger partial charge is 0.258 e. The van der Waals surface area contributed by atoms with Crippen molar-refractivity contribution in [1.82, 2.24) is 20.0 Å². The molecule has 0 spiro atoms. The molecule has 1 aliphatic rings. The van der Waals surface area contributed by atoms with Crippen LogP contribution in [0.15, 0.2) is 41.1 Å². The number of aromatic nitrogens is 3. The molecule has 0 amide bonds. The molecule has 148 valence electrons. The van der Waals surface area contributed by atoms with E-state index < -0.39 is 0 Å². The van der Waals surface area contributed by atoms with Crippen molar-refractivity contribution >= 4 is 22.5 Å². The van der Waals surface area contributed by atoms with Gasteiger partial charge in [-0.15, -0.1) is 0 Å². The van der Waals surface area contributed by atoms with Gasteiger partial charge in [-0.3, -0.25) is 0 Å². The van der Waals surface area contributed by atoms with Crippen LogP contribution in [0, 0.1) is 6.92 Å². The lowest BCUT2D eigenvalue weighted by molar-refractivity contribution is 0.432. The molecule has 6 heteroatoms. The monoisotopic (exact) mass is 406 g/mol. The molecule has 0 aliphatic carbocycles. The number of hydrogen-bond acceptors (Lipinski definition) is 4. The fourth-order valence-corrected chi connectivity index (χ4v) is 4.49. The summed E-state index contributed by atoms with van der Waals surface area (Å²) in [5.74, 6) is 1.14. The zero-order valence-electron chi connectivity index (χ0n) is 16.8. The van der Waals surface area contributed by atoms with E-state index in [2.05, 4.69) is 54.0 Å². The van der Waals surface area contributed by atoms with Gasteiger partial charge in [0.05, 0.1) is 5.02 Å². The molecule has 0 unspecified atom stereocenters. The second kappa shape index (κ2) is 7.01. The summed E-state index contributed by atoms with van der Waals surface area (Å²) < 4.78 is 7.80. The predicted octanol–water partition coefficient (Wildman–Crippen LogP) is 5.55. The number of nitrogens with one attached hydrogen (secondary N) is 1. The lowest BCUT2D eigenvalue weighted by Gasteiger charge is -2.20. The third kappa shape index (κ3) is 3.05. The Morgan fingerprint density at radius 1 is 1.21 bits per heavy atom. The normalized spacial score (nSPS) is 14.0. The SMILES string of the molecule is Cc1c(-c2noc(-c3ccc4c(c3)c(Cl)cn4C(C)C)n2)ccc2c1CCNC2. The van der Waals surface area contributed by atoms with Crippen molar-refractivity contribution in [2.24, 2.45) is 0 Å². The molecule has 1 N–H and O–H groups in total. The van der Waals surface area contributed by atoms with Gasteiger partial charge in [0, 0.05) is 40.8 Å². The zero-order chi connectivity index (χ0) is 20.1. The van der Waals surface area contributed by atoms with Crippen LogP contribution >= 0.6 is 11.6 Å². The molecule has 29 heavy (non-hydrogen) atoms. The van der Waals surface area contributed by atoms with Crippen LogP contribution in [0.4, 0.5) is 0 Å². The molecule has 3 heterocycles. The van der Waals surface area contributed by atoms with Crippen molar-refractivity contribution in [3.05, 3.63) is 58.2 Å². The third-order valence-electron chi connectivity index (χ3n) is 5.82. The highest BCUT2D eigenvalue weighted by atomic mass is 35.5. The maximum atomic E-state index is 6.48. The first-order chi connectivity index (χ1) is 14.0. The molecule has 0 bridgehead atoms. The summed E-state index contributed by atoms with van der Waals surface area (Å²) >= 11 is 6.48. The van der Waals surface area contributed by atoms with E-state index in [1.807, 2.05) is 18.3 Å². The first-order valence-electron chi connectivity index (χ1n) is 9.99. The molecule has 1 aliphatic heterocycles. The summed E-state index contributed by atoms with van der Waals surface area (Å²) in [5.41, 5.74) is 7.01. The van der Waals surface area contributed by atoms with Gasteiger partial charge in [0.15, 0.2) is 0 Å². The van der Waals surface area contributed by atoms with Crippen LogP contribution in [0.25, 0.3) is 33.7 Å². The summed E-state index contributed by atoms with van der Waals surface area (Å²) in [6, 6.07) is 10.7. The Kier molecular flexibility index (Phi) is 4.45. The Morgan fingerprint density at radius 3 is 2.90 bits per heavy atom. The van der Waals surface area contributed by atoms with E-state index in [0.29, 0.717) is 17.8 Å². The fraction of sp³-hybridized carbons (Fsp3) is 0.304. The molecular weight excluding hydrogens is 384 g/mol. The highest BCUT2D eigenvalue weighted by molar-refractivity contribution is 6.35. The first-order valence-corrected chi connectivity index (χ1v) is 10.4. The topological polar surface area (TPSA) is 55.9 Å². The predicted molar refractivity (Wildman–Crippen MR) is 116 cm³/mol. The van der Waals surface area contributed by atoms with Crippen LogP contribution in [0.5, 0.6) is 0 Å². The first kappa shape index (κ1) is 18.4. The van der Waals surface area contributed by atoms with Crippen molar-refractivity contribution in [1.29, 1.82) is 0 Å². The molecule has 0 atom stereocenters. The van der Waals surface area contributed by atoms with E-state index in [9.17, 15) is 0 Å². The van der Waals surface area contributed by atoms with Crippen LogP contribution in [-0.4, -0.2) is 21.3 Å². The van der Waals surface area contributed by atoms with Gasteiger partial charge in [0.1, 0.15) is 0 Å². The maximum Gasteiger partial charge on any atom is 0.258 e. The molecule has 0 saturated carbocycles. The van der Waals surface area contributed by atoms with Gasteiger partial charge in [0.25, 0.3) is 5.89 Å². The Morgan fingerprint density at radius 2 is 2.07 bits per heavy atom. The lowest BCUT2D eigenvalue weighted by atomic mass is 9.92. The number of halogens is 1. The summed E-state index contributed by atoms with van der Waals surface area (Å²) in [6.07, 6.45) is 3.01. The van der Waals surface area contributed by atoms with Crippen molar-refractivity contribution in [2.45, 2.75) is 39.8 Å². The summed E-state index contributed by atoms with van der Waals surface area (Å²) in [5, 5.41) is 9.41. The largest absolute Gasteiger partial charge is 0.343 e. The van der Waals surface area contributed by atoms with Crippen LogP contribution in [0.1, 0.15) is 36.6 Å². The van der Waals surface area contributed by atoms with E-state index in [4.69, 9.17) is 21.1 Å². The summed E-state index contributed by atoms with van der Waals surface area (Å²) in [4.78, 5) is 4.70. The number of fused-ring (bicyclic) bond motifs is 2. The Hall–Kier alpha value is -2.63. The maximum absolute atomic E-state index is 6.48. The quantitative estimate of drug-likeness (QED) is 0.484. The number of benzene rings is 2. The molecule has 0 saturated heterocycles. The van der Waals surface area contributed by atoms with Crippen molar-refractivity contribution < 1.29 is 4.52 Å². The fourth-order valence-electron chi connectivity index (χ4n) is 4.23. The van der Waals surface area contributed by atoms with E-state index in [-0.39, 0.29) is 0 Å². The highest BCUT2D eigenvalue weighted by Gasteiger charge is 2.19. The van der Waals surface area contributed by atoms with E-state index in [1.54, 1.807) is 0 Å². The third-order valence-corrected chi connectivity index (χ3v) is 6.12. The number of nitrogens with zero attached hydrogens (tertiary/aromatic N) is 3. The molecule has 4 aromatic rings. The van der Waals surface area contributed by atoms with Crippen LogP contribution in [-0.2, 0) is 13.0 Å². The minimum Gasteiger partial charge on any atom is -0.343 e. The van der Waals surface area contributed by atoms with E-state index in [1.165, 1.54) is 16.7 Å². The van der Waals surface area contributed by atoms with Crippen LogP contribution in [0.2, 0.25) is 5.02 Å². The Balaban J connectivity index is 1.55. The lowest BCUT2D eigenvalue weighted by Crippen LogP contribution is -2.24. The van der Waals surface area contributed by atoms with Gasteiger partial charge in [0.2, 0.25) is 5.82 Å². The summed E-state index contributed by atoms with van der Waals surface area (Å²) in [6.45, 7) is 8.36. The minimum atomic E-state index is 0.341. The van der Waals surface area contributed by atoms with Crippen molar-refractivity contribution in [3.63, 3.8) is 0 Å². The van der Waals surface area contributed by atoms with E-state index >= 15 is 0 Å². The van der Waals surface area contributed by atoms with E-state index in [0.717, 1.165) is 46.6 Å². The average molecular weight is 407 g/mol. The standard InChI is InChI=1S/C23H23ClN4O/c1-13(2)28-12-20(24)19-10-15(5-7-21(19)28)23-26-22(27-29-23)18-6-4-16-11-25-9-8-17(16)14(18)3/h4-7,10,12-13,25H,8-9,11H2,1-3H3. The molecule has 5 nitrogen and oxygen atoms in total. The zero-order valence-corrected chi connectivity index (χ0v) is 17.5.